The van der Waals surface area contributed by atoms with Crippen molar-refractivity contribution in [1.82, 2.24) is 4.98 Å². The average Bonchev–Trinajstić information content (AvgIpc) is 2.65. The number of thiazole rings is 1. The number of ether oxygens (including phenoxy) is 1. The summed E-state index contributed by atoms with van der Waals surface area (Å²) >= 11 is 1.68. The number of aromatic nitrogens is 1. The highest BCUT2D eigenvalue weighted by molar-refractivity contribution is 7.09. The van der Waals surface area contributed by atoms with Gasteiger partial charge in [-0.1, -0.05) is 0 Å². The molecule has 0 radical (unpaired) electrons. The number of carbonyl (C=O) groups excluding carboxylic acids is 1. The third-order valence-electron chi connectivity index (χ3n) is 2.96. The van der Waals surface area contributed by atoms with Crippen molar-refractivity contribution in [1.29, 1.82) is 0 Å². The van der Waals surface area contributed by atoms with Gasteiger partial charge in [0.15, 0.2) is 0 Å². The molecule has 0 aliphatic heterocycles. The van der Waals surface area contributed by atoms with Crippen molar-refractivity contribution >= 4 is 17.1 Å². The molecule has 1 unspecified atom stereocenters. The van der Waals surface area contributed by atoms with Crippen LogP contribution in [-0.2, 0) is 16.0 Å². The maximum Gasteiger partial charge on any atom is 0.135 e. The molecule has 1 heterocycles. The molecule has 0 bridgehead atoms. The number of carbonyl (C=O) groups is 1. The highest BCUT2D eigenvalue weighted by Gasteiger charge is 2.19. The van der Waals surface area contributed by atoms with Crippen molar-refractivity contribution in [3.63, 3.8) is 0 Å². The van der Waals surface area contributed by atoms with Crippen LogP contribution in [0.15, 0.2) is 5.51 Å². The van der Waals surface area contributed by atoms with E-state index in [-0.39, 0.29) is 6.10 Å². The Hall–Kier alpha value is -0.740. The molecule has 88 valence electrons. The first-order valence-electron chi connectivity index (χ1n) is 5.78. The minimum atomic E-state index is 0.162. The van der Waals surface area contributed by atoms with Gasteiger partial charge in [0, 0.05) is 24.1 Å². The molecule has 1 saturated carbocycles. The summed E-state index contributed by atoms with van der Waals surface area (Å²) in [5.74, 6) is 0.352. The fourth-order valence-electron chi connectivity index (χ4n) is 2.01. The molecule has 1 aliphatic rings. The van der Waals surface area contributed by atoms with E-state index >= 15 is 0 Å². The standard InChI is InChI=1S/C12H17NO2S/c1-9-12(16-8-13-9)5-6-15-11-4-2-3-10(14)7-11/h8,11H,2-7H2,1H3. The van der Waals surface area contributed by atoms with Crippen LogP contribution in [0.4, 0.5) is 0 Å². The van der Waals surface area contributed by atoms with Gasteiger partial charge in [0.2, 0.25) is 0 Å². The van der Waals surface area contributed by atoms with Gasteiger partial charge in [0.25, 0.3) is 0 Å². The summed E-state index contributed by atoms with van der Waals surface area (Å²) in [6.07, 6.45) is 4.46. The Morgan fingerprint density at radius 1 is 1.62 bits per heavy atom. The Bertz CT molecular complexity index is 362. The quantitative estimate of drug-likeness (QED) is 0.810. The fraction of sp³-hybridized carbons (Fsp3) is 0.667. The number of ketones is 1. The van der Waals surface area contributed by atoms with Crippen molar-refractivity contribution in [2.24, 2.45) is 0 Å². The number of hydrogen-bond acceptors (Lipinski definition) is 4. The van der Waals surface area contributed by atoms with E-state index in [0.717, 1.165) is 31.4 Å². The Labute approximate surface area is 99.8 Å². The zero-order chi connectivity index (χ0) is 11.4. The van der Waals surface area contributed by atoms with E-state index in [1.165, 1.54) is 4.88 Å². The summed E-state index contributed by atoms with van der Waals surface area (Å²) < 4.78 is 5.74. The predicted octanol–water partition coefficient (Wildman–Crippen LogP) is 2.52. The molecule has 1 aliphatic carbocycles. The molecular formula is C12H17NO2S. The Balaban J connectivity index is 1.72. The molecule has 1 aromatic heterocycles. The van der Waals surface area contributed by atoms with E-state index in [1.807, 2.05) is 12.4 Å². The molecule has 3 nitrogen and oxygen atoms in total. The molecule has 0 amide bonds. The van der Waals surface area contributed by atoms with Gasteiger partial charge < -0.3 is 4.74 Å². The normalized spacial score (nSPS) is 21.3. The van der Waals surface area contributed by atoms with E-state index in [1.54, 1.807) is 11.3 Å². The monoisotopic (exact) mass is 239 g/mol. The van der Waals surface area contributed by atoms with Crippen LogP contribution in [0.1, 0.15) is 36.3 Å². The van der Waals surface area contributed by atoms with Gasteiger partial charge in [0.05, 0.1) is 23.9 Å². The van der Waals surface area contributed by atoms with Crippen molar-refractivity contribution in [3.8, 4) is 0 Å². The summed E-state index contributed by atoms with van der Waals surface area (Å²) in [5.41, 5.74) is 2.97. The van der Waals surface area contributed by atoms with Gasteiger partial charge in [-0.25, -0.2) is 4.98 Å². The largest absolute Gasteiger partial charge is 0.377 e. The lowest BCUT2D eigenvalue weighted by Gasteiger charge is -2.21. The van der Waals surface area contributed by atoms with E-state index in [9.17, 15) is 4.79 Å². The van der Waals surface area contributed by atoms with Crippen molar-refractivity contribution in [2.75, 3.05) is 6.61 Å². The lowest BCUT2D eigenvalue weighted by molar-refractivity contribution is -0.124. The number of aryl methyl sites for hydroxylation is 1. The van der Waals surface area contributed by atoms with Crippen LogP contribution in [0.3, 0.4) is 0 Å². The van der Waals surface area contributed by atoms with E-state index in [2.05, 4.69) is 4.98 Å². The van der Waals surface area contributed by atoms with Crippen LogP contribution >= 0.6 is 11.3 Å². The van der Waals surface area contributed by atoms with Crippen LogP contribution in [0.2, 0.25) is 0 Å². The van der Waals surface area contributed by atoms with Gasteiger partial charge in [0.1, 0.15) is 5.78 Å². The van der Waals surface area contributed by atoms with E-state index in [0.29, 0.717) is 18.8 Å². The van der Waals surface area contributed by atoms with Crippen molar-refractivity contribution < 1.29 is 9.53 Å². The molecule has 0 saturated heterocycles. The Morgan fingerprint density at radius 2 is 2.50 bits per heavy atom. The minimum absolute atomic E-state index is 0.162. The highest BCUT2D eigenvalue weighted by atomic mass is 32.1. The number of Topliss-reactive ketones (excluding diaryl/α,β-unsaturated/α-hetero) is 1. The second-order valence-electron chi connectivity index (χ2n) is 4.24. The Kier molecular flexibility index (Phi) is 4.07. The zero-order valence-corrected chi connectivity index (χ0v) is 10.4. The van der Waals surface area contributed by atoms with Gasteiger partial charge in [-0.3, -0.25) is 4.79 Å². The molecular weight excluding hydrogens is 222 g/mol. The molecule has 0 N–H and O–H groups in total. The summed E-state index contributed by atoms with van der Waals surface area (Å²) in [6.45, 7) is 2.73. The first-order chi connectivity index (χ1) is 7.75. The van der Waals surface area contributed by atoms with Crippen LogP contribution < -0.4 is 0 Å². The summed E-state index contributed by atoms with van der Waals surface area (Å²) in [7, 11) is 0. The molecule has 2 rings (SSSR count). The third-order valence-corrected chi connectivity index (χ3v) is 3.96. The van der Waals surface area contributed by atoms with E-state index < -0.39 is 0 Å². The molecule has 16 heavy (non-hydrogen) atoms. The topological polar surface area (TPSA) is 39.2 Å². The molecule has 0 spiro atoms. The zero-order valence-electron chi connectivity index (χ0n) is 9.57. The smallest absolute Gasteiger partial charge is 0.135 e. The third kappa shape index (κ3) is 3.12. The summed E-state index contributed by atoms with van der Waals surface area (Å²) in [6, 6.07) is 0. The van der Waals surface area contributed by atoms with Gasteiger partial charge in [-0.2, -0.15) is 0 Å². The maximum absolute atomic E-state index is 11.2. The van der Waals surface area contributed by atoms with E-state index in [4.69, 9.17) is 4.74 Å². The summed E-state index contributed by atoms with van der Waals surface area (Å²) in [4.78, 5) is 16.7. The second-order valence-corrected chi connectivity index (χ2v) is 5.18. The van der Waals surface area contributed by atoms with Crippen LogP contribution in [0, 0.1) is 6.92 Å². The molecule has 1 atom stereocenters. The van der Waals surface area contributed by atoms with Crippen LogP contribution in [0.5, 0.6) is 0 Å². The predicted molar refractivity (Wildman–Crippen MR) is 63.8 cm³/mol. The lowest BCUT2D eigenvalue weighted by atomic mass is 9.96. The van der Waals surface area contributed by atoms with Crippen molar-refractivity contribution in [2.45, 2.75) is 45.1 Å². The van der Waals surface area contributed by atoms with Gasteiger partial charge in [-0.05, 0) is 19.8 Å². The highest BCUT2D eigenvalue weighted by Crippen LogP contribution is 2.19. The summed E-state index contributed by atoms with van der Waals surface area (Å²) in [5, 5.41) is 0. The fourth-order valence-corrected chi connectivity index (χ4v) is 2.77. The first kappa shape index (κ1) is 11.7. The Morgan fingerprint density at radius 3 is 3.19 bits per heavy atom. The SMILES string of the molecule is Cc1ncsc1CCOC1CCCC(=O)C1. The number of rotatable bonds is 4. The van der Waals surface area contributed by atoms with Crippen molar-refractivity contribution in [3.05, 3.63) is 16.1 Å². The minimum Gasteiger partial charge on any atom is -0.377 e. The molecule has 0 aromatic carbocycles. The van der Waals surface area contributed by atoms with Crippen LogP contribution in [0.25, 0.3) is 0 Å². The molecule has 4 heteroatoms. The second kappa shape index (κ2) is 5.55. The number of hydrogen-bond donors (Lipinski definition) is 0. The molecule has 1 aromatic rings. The van der Waals surface area contributed by atoms with Gasteiger partial charge >= 0.3 is 0 Å². The number of nitrogens with zero attached hydrogens (tertiary/aromatic N) is 1. The maximum atomic E-state index is 11.2. The van der Waals surface area contributed by atoms with Crippen LogP contribution in [-0.4, -0.2) is 23.5 Å². The molecule has 1 fully saturated rings. The first-order valence-corrected chi connectivity index (χ1v) is 6.66. The lowest BCUT2D eigenvalue weighted by Crippen LogP contribution is -2.23. The van der Waals surface area contributed by atoms with Gasteiger partial charge in [-0.15, -0.1) is 11.3 Å². The average molecular weight is 239 g/mol.